The topological polar surface area (TPSA) is 178 Å². The van der Waals surface area contributed by atoms with Crippen molar-refractivity contribution in [3.8, 4) is 0 Å². The van der Waals surface area contributed by atoms with Crippen LogP contribution >= 0.6 is 12.2 Å². The minimum Gasteiger partial charge on any atom is -0.478 e. The molecular weight excluding hydrogens is 532 g/mol. The number of hydrogen-bond acceptors (Lipinski definition) is 7. The zero-order valence-corrected chi connectivity index (χ0v) is 21.2. The molecule has 0 atom stereocenters. The largest absolute Gasteiger partial charge is 0.478 e. The molecule has 0 saturated heterocycles. The van der Waals surface area contributed by atoms with Crippen LogP contribution in [0.3, 0.4) is 0 Å². The third-order valence-corrected chi connectivity index (χ3v) is 7.20. The van der Waals surface area contributed by atoms with Gasteiger partial charge in [-0.15, -0.1) is 0 Å². The van der Waals surface area contributed by atoms with Crippen LogP contribution in [0.15, 0.2) is 77.8 Å². The lowest BCUT2D eigenvalue weighted by atomic mass is 10.1. The van der Waals surface area contributed by atoms with Crippen LogP contribution in [0.1, 0.15) is 15.9 Å². The van der Waals surface area contributed by atoms with E-state index in [1.165, 1.54) is 36.4 Å². The highest BCUT2D eigenvalue weighted by Crippen LogP contribution is 2.27. The molecule has 196 valence electrons. The Morgan fingerprint density at radius 2 is 1.82 bits per heavy atom. The molecule has 0 radical (unpaired) electrons. The van der Waals surface area contributed by atoms with Crippen LogP contribution in [-0.2, 0) is 16.4 Å². The third-order valence-electron chi connectivity index (χ3n) is 5.54. The number of aromatic carboxylic acids is 1. The van der Waals surface area contributed by atoms with E-state index in [4.69, 9.17) is 17.3 Å². The molecule has 0 unspecified atom stereocenters. The van der Waals surface area contributed by atoms with Crippen molar-refractivity contribution in [3.63, 3.8) is 0 Å². The van der Waals surface area contributed by atoms with Gasteiger partial charge in [-0.3, -0.25) is 21.0 Å². The fourth-order valence-corrected chi connectivity index (χ4v) is 4.88. The molecule has 0 spiro atoms. The zero-order valence-electron chi connectivity index (χ0n) is 19.6. The van der Waals surface area contributed by atoms with E-state index in [-0.39, 0.29) is 27.8 Å². The number of H-pyrrole nitrogens is 1. The first-order valence-electron chi connectivity index (χ1n) is 11.1. The summed E-state index contributed by atoms with van der Waals surface area (Å²) in [4.78, 5) is 24.7. The van der Waals surface area contributed by atoms with Crippen LogP contribution < -0.4 is 20.9 Å². The van der Waals surface area contributed by atoms with Crippen LogP contribution in [0, 0.1) is 10.1 Å². The second kappa shape index (κ2) is 11.2. The summed E-state index contributed by atoms with van der Waals surface area (Å²) in [6.07, 6.45) is 2.25. The number of fused-ring (bicyclic) bond motifs is 1. The van der Waals surface area contributed by atoms with E-state index in [9.17, 15) is 23.3 Å². The van der Waals surface area contributed by atoms with Gasteiger partial charge in [-0.2, -0.15) is 0 Å². The number of nitro groups is 1. The lowest BCUT2D eigenvalue weighted by molar-refractivity contribution is -0.384. The molecule has 0 aliphatic rings. The van der Waals surface area contributed by atoms with Crippen LogP contribution in [0.2, 0.25) is 0 Å². The van der Waals surface area contributed by atoms with Gasteiger partial charge in [0.15, 0.2) is 5.11 Å². The van der Waals surface area contributed by atoms with Gasteiger partial charge in [0, 0.05) is 35.4 Å². The van der Waals surface area contributed by atoms with Crippen molar-refractivity contribution >= 4 is 61.3 Å². The van der Waals surface area contributed by atoms with Gasteiger partial charge < -0.3 is 15.4 Å². The molecule has 38 heavy (non-hydrogen) atoms. The minimum atomic E-state index is -4.01. The number of anilines is 2. The van der Waals surface area contributed by atoms with E-state index >= 15 is 0 Å². The molecule has 0 bridgehead atoms. The number of carboxylic acid groups (broad SMARTS) is 1. The lowest BCUT2D eigenvalue weighted by Crippen LogP contribution is -2.33. The van der Waals surface area contributed by atoms with Gasteiger partial charge in [-0.05, 0) is 66.7 Å². The van der Waals surface area contributed by atoms with Gasteiger partial charge in [-0.25, -0.2) is 17.9 Å². The SMILES string of the molecule is O=C(O)c1ccc(NC(=S)NNc2ccc(S(=O)(=O)NCCc3c[nH]c4ccccc34)cc2[N+](=O)[O-])cc1. The summed E-state index contributed by atoms with van der Waals surface area (Å²) >= 11 is 5.15. The highest BCUT2D eigenvalue weighted by molar-refractivity contribution is 7.89. The molecule has 12 nitrogen and oxygen atoms in total. The number of nitro benzene ring substituents is 1. The van der Waals surface area contributed by atoms with Crippen molar-refractivity contribution in [2.45, 2.75) is 11.3 Å². The number of thiocarbonyl (C=S) groups is 1. The summed E-state index contributed by atoms with van der Waals surface area (Å²) in [5.74, 6) is -1.07. The Morgan fingerprint density at radius 3 is 2.53 bits per heavy atom. The van der Waals surface area contributed by atoms with Crippen LogP contribution in [0.4, 0.5) is 17.1 Å². The van der Waals surface area contributed by atoms with Crippen molar-refractivity contribution in [1.82, 2.24) is 15.1 Å². The average molecular weight is 555 g/mol. The molecule has 4 rings (SSSR count). The van der Waals surface area contributed by atoms with E-state index in [0.29, 0.717) is 12.1 Å². The van der Waals surface area contributed by atoms with Crippen molar-refractivity contribution in [2.24, 2.45) is 0 Å². The highest BCUT2D eigenvalue weighted by Gasteiger charge is 2.21. The quantitative estimate of drug-likeness (QED) is 0.0963. The molecule has 0 aliphatic carbocycles. The van der Waals surface area contributed by atoms with Crippen molar-refractivity contribution in [3.05, 3.63) is 94.2 Å². The van der Waals surface area contributed by atoms with Gasteiger partial charge in [0.05, 0.1) is 15.4 Å². The summed E-state index contributed by atoms with van der Waals surface area (Å²) in [6.45, 7) is 0.104. The fraction of sp³-hybridized carbons (Fsp3) is 0.0833. The molecule has 0 saturated carbocycles. The molecule has 0 aliphatic heterocycles. The Bertz CT molecular complexity index is 1620. The number of sulfonamides is 1. The minimum absolute atomic E-state index is 0.0156. The van der Waals surface area contributed by atoms with Gasteiger partial charge in [0.2, 0.25) is 10.0 Å². The van der Waals surface area contributed by atoms with Gasteiger partial charge in [-0.1, -0.05) is 18.2 Å². The van der Waals surface area contributed by atoms with E-state index in [2.05, 4.69) is 25.9 Å². The number of nitrogens with one attached hydrogen (secondary N) is 5. The zero-order chi connectivity index (χ0) is 27.3. The molecule has 4 aromatic rings. The average Bonchev–Trinajstić information content (AvgIpc) is 3.30. The predicted octanol–water partition coefficient (Wildman–Crippen LogP) is 3.61. The monoisotopic (exact) mass is 554 g/mol. The third kappa shape index (κ3) is 6.23. The highest BCUT2D eigenvalue weighted by atomic mass is 32.2. The Morgan fingerprint density at radius 1 is 1.08 bits per heavy atom. The number of rotatable bonds is 10. The van der Waals surface area contributed by atoms with Crippen LogP contribution in [0.25, 0.3) is 10.9 Å². The van der Waals surface area contributed by atoms with Crippen LogP contribution in [0.5, 0.6) is 0 Å². The van der Waals surface area contributed by atoms with Crippen molar-refractivity contribution in [2.75, 3.05) is 17.3 Å². The maximum atomic E-state index is 12.8. The first-order valence-corrected chi connectivity index (χ1v) is 13.0. The Kier molecular flexibility index (Phi) is 7.85. The summed E-state index contributed by atoms with van der Waals surface area (Å²) in [7, 11) is -4.01. The number of hydrazine groups is 1. The molecule has 1 heterocycles. The Hall–Kier alpha value is -4.53. The molecule has 1 aromatic heterocycles. The maximum Gasteiger partial charge on any atom is 0.335 e. The number of carbonyl (C=O) groups is 1. The maximum absolute atomic E-state index is 12.8. The fourth-order valence-electron chi connectivity index (χ4n) is 3.66. The number of benzene rings is 3. The molecule has 0 fully saturated rings. The summed E-state index contributed by atoms with van der Waals surface area (Å²) in [5.41, 5.74) is 7.17. The summed E-state index contributed by atoms with van der Waals surface area (Å²) < 4.78 is 28.1. The van der Waals surface area contributed by atoms with E-state index in [1.807, 2.05) is 30.5 Å². The van der Waals surface area contributed by atoms with E-state index in [0.717, 1.165) is 22.5 Å². The predicted molar refractivity (Wildman–Crippen MR) is 147 cm³/mol. The Labute approximate surface area is 222 Å². The second-order valence-electron chi connectivity index (χ2n) is 8.03. The number of aromatic nitrogens is 1. The number of carboxylic acids is 1. The van der Waals surface area contributed by atoms with Gasteiger partial charge in [0.25, 0.3) is 5.69 Å². The van der Waals surface area contributed by atoms with Crippen molar-refractivity contribution in [1.29, 1.82) is 0 Å². The van der Waals surface area contributed by atoms with Gasteiger partial charge in [0.1, 0.15) is 5.69 Å². The number of para-hydroxylation sites is 1. The molecule has 3 aromatic carbocycles. The second-order valence-corrected chi connectivity index (χ2v) is 10.2. The summed E-state index contributed by atoms with van der Waals surface area (Å²) in [6, 6.07) is 16.9. The number of nitrogens with zero attached hydrogens (tertiary/aromatic N) is 1. The first kappa shape index (κ1) is 26.5. The number of aromatic amines is 1. The first-order chi connectivity index (χ1) is 18.1. The van der Waals surface area contributed by atoms with E-state index in [1.54, 1.807) is 0 Å². The van der Waals surface area contributed by atoms with Gasteiger partial charge >= 0.3 is 5.97 Å². The Balaban J connectivity index is 1.38. The molecule has 6 N–H and O–H groups in total. The van der Waals surface area contributed by atoms with Crippen LogP contribution in [-0.4, -0.2) is 41.1 Å². The number of hydrogen-bond donors (Lipinski definition) is 6. The molecule has 14 heteroatoms. The summed E-state index contributed by atoms with van der Waals surface area (Å²) in [5, 5.41) is 24.4. The lowest BCUT2D eigenvalue weighted by Gasteiger charge is -2.13. The molecular formula is C24H22N6O6S2. The smallest absolute Gasteiger partial charge is 0.335 e. The standard InChI is InChI=1S/C24H22N6O6S2/c31-23(32)15-5-7-17(8-6-15)27-24(37)29-28-21-10-9-18(13-22(21)30(33)34)38(35,36)26-12-11-16-14-25-20-4-2-1-3-19(16)20/h1-10,13-14,25-26,28H,11-12H2,(H,31,32)(H2,27,29,37). The normalized spacial score (nSPS) is 11.2. The van der Waals surface area contributed by atoms with Crippen molar-refractivity contribution < 1.29 is 23.2 Å². The van der Waals surface area contributed by atoms with E-state index < -0.39 is 26.6 Å². The molecule has 0 amide bonds.